The second-order valence-corrected chi connectivity index (χ2v) is 5.14. The van der Waals surface area contributed by atoms with Crippen molar-refractivity contribution in [3.05, 3.63) is 51.3 Å². The molecule has 0 aliphatic carbocycles. The molecule has 0 saturated carbocycles. The molecule has 0 spiro atoms. The molecule has 1 aromatic heterocycles. The van der Waals surface area contributed by atoms with Gasteiger partial charge in [0.05, 0.1) is 16.3 Å². The van der Waals surface area contributed by atoms with Gasteiger partial charge in [-0.05, 0) is 31.5 Å². The SMILES string of the molecule is CCn1nc(C)cc1COc1ccc(CBr)cc1[N+](=O)[O-]. The number of rotatable bonds is 6. The van der Waals surface area contributed by atoms with E-state index in [9.17, 15) is 10.1 Å². The van der Waals surface area contributed by atoms with E-state index in [4.69, 9.17) is 4.74 Å². The topological polar surface area (TPSA) is 70.2 Å². The first-order chi connectivity index (χ1) is 10.0. The summed E-state index contributed by atoms with van der Waals surface area (Å²) in [6.07, 6.45) is 0. The Morgan fingerprint density at radius 1 is 1.43 bits per heavy atom. The van der Waals surface area contributed by atoms with Gasteiger partial charge in [0.1, 0.15) is 6.61 Å². The highest BCUT2D eigenvalue weighted by Gasteiger charge is 2.16. The van der Waals surface area contributed by atoms with Crippen LogP contribution in [0.1, 0.15) is 23.9 Å². The molecular formula is C14H16BrN3O3. The molecule has 0 aliphatic heterocycles. The van der Waals surface area contributed by atoms with Crippen molar-refractivity contribution in [2.45, 2.75) is 32.3 Å². The Morgan fingerprint density at radius 2 is 2.19 bits per heavy atom. The van der Waals surface area contributed by atoms with Crippen LogP contribution in [0.2, 0.25) is 0 Å². The average Bonchev–Trinajstić information content (AvgIpc) is 2.84. The lowest BCUT2D eigenvalue weighted by atomic mass is 10.2. The summed E-state index contributed by atoms with van der Waals surface area (Å²) in [5.74, 6) is 0.270. The van der Waals surface area contributed by atoms with Gasteiger partial charge in [0.2, 0.25) is 0 Å². The molecule has 0 saturated heterocycles. The van der Waals surface area contributed by atoms with E-state index in [-0.39, 0.29) is 18.0 Å². The van der Waals surface area contributed by atoms with Gasteiger partial charge in [-0.3, -0.25) is 14.8 Å². The molecule has 0 fully saturated rings. The number of nitro benzene ring substituents is 1. The van der Waals surface area contributed by atoms with E-state index in [1.807, 2.05) is 24.6 Å². The molecule has 112 valence electrons. The van der Waals surface area contributed by atoms with Gasteiger partial charge < -0.3 is 4.74 Å². The Balaban J connectivity index is 2.21. The summed E-state index contributed by atoms with van der Waals surface area (Å²) in [7, 11) is 0. The predicted octanol–water partition coefficient (Wildman–Crippen LogP) is 3.59. The number of alkyl halides is 1. The van der Waals surface area contributed by atoms with E-state index in [0.29, 0.717) is 5.33 Å². The maximum atomic E-state index is 11.1. The molecule has 0 N–H and O–H groups in total. The molecule has 6 nitrogen and oxygen atoms in total. The van der Waals surface area contributed by atoms with Crippen LogP contribution in [0.5, 0.6) is 5.75 Å². The number of nitro groups is 1. The number of ether oxygens (including phenoxy) is 1. The number of hydrogen-bond donors (Lipinski definition) is 0. The van der Waals surface area contributed by atoms with Gasteiger partial charge in [0.25, 0.3) is 0 Å². The molecule has 7 heteroatoms. The molecule has 1 aromatic carbocycles. The summed E-state index contributed by atoms with van der Waals surface area (Å²) in [5.41, 5.74) is 2.61. The van der Waals surface area contributed by atoms with E-state index in [1.165, 1.54) is 6.07 Å². The van der Waals surface area contributed by atoms with Crippen molar-refractivity contribution < 1.29 is 9.66 Å². The van der Waals surface area contributed by atoms with Crippen LogP contribution >= 0.6 is 15.9 Å². The third-order valence-corrected chi connectivity index (χ3v) is 3.68. The van der Waals surface area contributed by atoms with E-state index < -0.39 is 4.92 Å². The number of nitrogens with zero attached hydrogens (tertiary/aromatic N) is 3. The zero-order valence-electron chi connectivity index (χ0n) is 11.9. The number of hydrogen-bond acceptors (Lipinski definition) is 4. The summed E-state index contributed by atoms with van der Waals surface area (Å²) in [4.78, 5) is 10.7. The van der Waals surface area contributed by atoms with Gasteiger partial charge in [-0.15, -0.1) is 0 Å². The summed E-state index contributed by atoms with van der Waals surface area (Å²) < 4.78 is 7.45. The third kappa shape index (κ3) is 3.60. The number of aromatic nitrogens is 2. The Labute approximate surface area is 131 Å². The largest absolute Gasteiger partial charge is 0.480 e. The highest BCUT2D eigenvalue weighted by Crippen LogP contribution is 2.29. The molecule has 0 atom stereocenters. The van der Waals surface area contributed by atoms with Crippen molar-refractivity contribution >= 4 is 21.6 Å². The fraction of sp³-hybridized carbons (Fsp3) is 0.357. The molecule has 0 bridgehead atoms. The fourth-order valence-electron chi connectivity index (χ4n) is 2.05. The van der Waals surface area contributed by atoms with Gasteiger partial charge in [-0.2, -0.15) is 5.10 Å². The lowest BCUT2D eigenvalue weighted by Crippen LogP contribution is -2.07. The highest BCUT2D eigenvalue weighted by atomic mass is 79.9. The van der Waals surface area contributed by atoms with E-state index in [0.717, 1.165) is 23.5 Å². The highest BCUT2D eigenvalue weighted by molar-refractivity contribution is 9.08. The van der Waals surface area contributed by atoms with Gasteiger partial charge in [0.15, 0.2) is 5.75 Å². The first-order valence-electron chi connectivity index (χ1n) is 6.54. The molecule has 0 amide bonds. The van der Waals surface area contributed by atoms with Gasteiger partial charge in [-0.1, -0.05) is 22.0 Å². The first-order valence-corrected chi connectivity index (χ1v) is 7.66. The second-order valence-electron chi connectivity index (χ2n) is 4.57. The van der Waals surface area contributed by atoms with Crippen LogP contribution in [0.3, 0.4) is 0 Å². The van der Waals surface area contributed by atoms with Crippen LogP contribution in [0, 0.1) is 17.0 Å². The Bertz CT molecular complexity index is 655. The average molecular weight is 354 g/mol. The summed E-state index contributed by atoms with van der Waals surface area (Å²) in [6, 6.07) is 6.88. The number of halogens is 1. The summed E-state index contributed by atoms with van der Waals surface area (Å²) in [5, 5.41) is 16.0. The van der Waals surface area contributed by atoms with Crippen molar-refractivity contribution in [3.8, 4) is 5.75 Å². The molecule has 0 unspecified atom stereocenters. The third-order valence-electron chi connectivity index (χ3n) is 3.03. The van der Waals surface area contributed by atoms with Crippen molar-refractivity contribution in [1.29, 1.82) is 0 Å². The van der Waals surface area contributed by atoms with E-state index in [1.54, 1.807) is 12.1 Å². The summed E-state index contributed by atoms with van der Waals surface area (Å²) in [6.45, 7) is 4.88. The van der Waals surface area contributed by atoms with Crippen LogP contribution in [0.4, 0.5) is 5.69 Å². The lowest BCUT2D eigenvalue weighted by Gasteiger charge is -2.08. The van der Waals surface area contributed by atoms with Crippen LogP contribution in [-0.4, -0.2) is 14.7 Å². The number of aryl methyl sites for hydroxylation is 2. The predicted molar refractivity (Wildman–Crippen MR) is 82.7 cm³/mol. The minimum absolute atomic E-state index is 0.0220. The molecule has 0 aliphatic rings. The van der Waals surface area contributed by atoms with Crippen molar-refractivity contribution in [3.63, 3.8) is 0 Å². The monoisotopic (exact) mass is 353 g/mol. The first kappa shape index (κ1) is 15.5. The fourth-order valence-corrected chi connectivity index (χ4v) is 2.40. The standard InChI is InChI=1S/C14H16BrN3O3/c1-3-17-12(6-10(2)16-17)9-21-14-5-4-11(8-15)7-13(14)18(19)20/h4-7H,3,8-9H2,1-2H3. The van der Waals surface area contributed by atoms with Gasteiger partial charge in [0, 0.05) is 17.9 Å². The summed E-state index contributed by atoms with van der Waals surface area (Å²) >= 11 is 3.29. The van der Waals surface area contributed by atoms with Crippen LogP contribution in [0.25, 0.3) is 0 Å². The quantitative estimate of drug-likeness (QED) is 0.452. The maximum absolute atomic E-state index is 11.1. The van der Waals surface area contributed by atoms with Gasteiger partial charge in [-0.25, -0.2) is 0 Å². The zero-order valence-corrected chi connectivity index (χ0v) is 13.5. The molecule has 2 rings (SSSR count). The zero-order chi connectivity index (χ0) is 15.4. The molecule has 21 heavy (non-hydrogen) atoms. The van der Waals surface area contributed by atoms with E-state index in [2.05, 4.69) is 21.0 Å². The van der Waals surface area contributed by atoms with Crippen molar-refractivity contribution in [2.75, 3.05) is 0 Å². The Hall–Kier alpha value is -1.89. The minimum atomic E-state index is -0.427. The maximum Gasteiger partial charge on any atom is 0.311 e. The van der Waals surface area contributed by atoms with Crippen LogP contribution in [0.15, 0.2) is 24.3 Å². The second kappa shape index (κ2) is 6.71. The van der Waals surface area contributed by atoms with Crippen LogP contribution in [-0.2, 0) is 18.5 Å². The smallest absolute Gasteiger partial charge is 0.311 e. The van der Waals surface area contributed by atoms with Gasteiger partial charge >= 0.3 is 5.69 Å². The molecule has 2 aromatic rings. The lowest BCUT2D eigenvalue weighted by molar-refractivity contribution is -0.386. The Morgan fingerprint density at radius 3 is 2.81 bits per heavy atom. The molecular weight excluding hydrogens is 338 g/mol. The Kier molecular flexibility index (Phi) is 4.95. The molecule has 1 heterocycles. The van der Waals surface area contributed by atoms with Crippen LogP contribution < -0.4 is 4.74 Å². The normalized spacial score (nSPS) is 10.6. The van der Waals surface area contributed by atoms with Crippen molar-refractivity contribution in [2.24, 2.45) is 0 Å². The number of benzene rings is 1. The minimum Gasteiger partial charge on any atom is -0.480 e. The van der Waals surface area contributed by atoms with Crippen molar-refractivity contribution in [1.82, 2.24) is 9.78 Å². The molecule has 0 radical (unpaired) electrons. The van der Waals surface area contributed by atoms with E-state index >= 15 is 0 Å².